The van der Waals surface area contributed by atoms with E-state index in [2.05, 4.69) is 36.6 Å². The van der Waals surface area contributed by atoms with Gasteiger partial charge in [0.15, 0.2) is 0 Å². The van der Waals surface area contributed by atoms with Gasteiger partial charge in [-0.3, -0.25) is 62.5 Å². The van der Waals surface area contributed by atoms with Crippen LogP contribution in [0.2, 0.25) is 0 Å². The Morgan fingerprint density at radius 2 is 1.26 bits per heavy atom. The fourth-order valence-corrected chi connectivity index (χ4v) is 13.7. The van der Waals surface area contributed by atoms with Gasteiger partial charge in [-0.15, -0.1) is 0 Å². The molecule has 2 aromatic rings. The number of nitrogens with one attached hydrogen (secondary N) is 7. The van der Waals surface area contributed by atoms with E-state index in [1.165, 1.54) is 50.6 Å². The minimum Gasteiger partial charge on any atom is -0.379 e. The van der Waals surface area contributed by atoms with Crippen molar-refractivity contribution in [2.24, 2.45) is 35.3 Å². The number of hydrogen-bond acceptors (Lipinski definition) is 19. The number of rotatable bonds is 46. The maximum absolute atomic E-state index is 14.6. The van der Waals surface area contributed by atoms with Crippen molar-refractivity contribution in [2.75, 3.05) is 100.0 Å². The van der Waals surface area contributed by atoms with Gasteiger partial charge in [-0.05, 0) is 86.7 Å². The number of amides is 12. The fourth-order valence-electron chi connectivity index (χ4n) is 12.5. The highest BCUT2D eigenvalue weighted by molar-refractivity contribution is 7.89. The summed E-state index contributed by atoms with van der Waals surface area (Å²) in [4.78, 5) is 153. The van der Waals surface area contributed by atoms with Crippen molar-refractivity contribution in [3.8, 4) is 0 Å². The van der Waals surface area contributed by atoms with E-state index in [1.54, 1.807) is 68.0 Å². The van der Waals surface area contributed by atoms with Crippen LogP contribution in [0.1, 0.15) is 118 Å². The summed E-state index contributed by atoms with van der Waals surface area (Å²) in [7, 11) is 3.77. The smallest absolute Gasteiger partial charge is 0.312 e. The first kappa shape index (κ1) is 86.5. The molecule has 4 rings (SSSR count). The number of imide groups is 1. The summed E-state index contributed by atoms with van der Waals surface area (Å²) in [6.07, 6.45) is 2.33. The monoisotopic (exact) mass is 1450 g/mol. The number of likely N-dealkylation sites (tertiary alicyclic amines) is 1. The molecule has 102 heavy (non-hydrogen) atoms. The molecular weight excluding hydrogens is 1340 g/mol. The van der Waals surface area contributed by atoms with Crippen molar-refractivity contribution in [3.05, 3.63) is 77.9 Å². The van der Waals surface area contributed by atoms with Crippen LogP contribution in [-0.2, 0) is 93.8 Å². The van der Waals surface area contributed by atoms with Crippen LogP contribution < -0.4 is 42.4 Å². The SMILES string of the molecule is CC[C@H](C)[C@@H]([C@@H](CC(=O)N1CCCC1[C@H](OC)[C@@H](C)C(=O)N[C@@H](Cc1ccccc1)C(=O)NS(=O)(=O)Cc1ccc(NC(=O)[C@H](CCCNC(N)=O)NC(=O)[C@@H](NC(=O)CCOCCOCCOCCN2C(=O)C=CC2=O)C(C)C)cc1)OC)N(C)C(=O)[C@@H](NC(=O)[C@H](C(C)C)N(C)C)C(C)C. The van der Waals surface area contributed by atoms with E-state index in [9.17, 15) is 61.2 Å². The number of urea groups is 1. The zero-order valence-corrected chi connectivity index (χ0v) is 62.6. The Hall–Kier alpha value is -7.94. The maximum atomic E-state index is 14.6. The number of anilines is 1. The third kappa shape index (κ3) is 27.7. The summed E-state index contributed by atoms with van der Waals surface area (Å²) >= 11 is 0. The Kier molecular flexibility index (Phi) is 36.7. The number of likely N-dealkylation sites (N-methyl/N-ethyl adjacent to an activating group) is 2. The van der Waals surface area contributed by atoms with Gasteiger partial charge in [0.2, 0.25) is 51.4 Å². The van der Waals surface area contributed by atoms with Crippen LogP contribution in [-0.4, -0.2) is 242 Å². The Labute approximate surface area is 601 Å². The molecule has 30 nitrogen and oxygen atoms in total. The Bertz CT molecular complexity index is 3210. The number of nitrogens with zero attached hydrogens (tertiary/aromatic N) is 4. The number of hydrogen-bond donors (Lipinski definition) is 8. The summed E-state index contributed by atoms with van der Waals surface area (Å²) < 4.78 is 58.3. The molecule has 12 amide bonds. The van der Waals surface area contributed by atoms with E-state index >= 15 is 0 Å². The van der Waals surface area contributed by atoms with Crippen molar-refractivity contribution in [1.29, 1.82) is 0 Å². The number of ether oxygens (including phenoxy) is 5. The highest BCUT2D eigenvalue weighted by Crippen LogP contribution is 2.30. The zero-order chi connectivity index (χ0) is 76.0. The first-order chi connectivity index (χ1) is 48.2. The van der Waals surface area contributed by atoms with Crippen LogP contribution in [0, 0.1) is 29.6 Å². The van der Waals surface area contributed by atoms with Crippen molar-refractivity contribution >= 4 is 80.8 Å². The molecule has 0 spiro atoms. The normalized spacial score (nSPS) is 16.9. The van der Waals surface area contributed by atoms with E-state index in [4.69, 9.17) is 29.4 Å². The average Bonchev–Trinajstić information content (AvgIpc) is 1.73. The number of benzene rings is 2. The van der Waals surface area contributed by atoms with Crippen LogP contribution >= 0.6 is 0 Å². The highest BCUT2D eigenvalue weighted by Gasteiger charge is 2.44. The van der Waals surface area contributed by atoms with Gasteiger partial charge in [-0.25, -0.2) is 13.2 Å². The molecule has 2 aliphatic heterocycles. The number of sulfonamides is 1. The highest BCUT2D eigenvalue weighted by atomic mass is 32.2. The number of nitrogens with two attached hydrogens (primary N) is 1. The molecule has 2 heterocycles. The molecule has 0 radical (unpaired) electrons. The molecule has 0 aromatic heterocycles. The molecule has 1 saturated heterocycles. The summed E-state index contributed by atoms with van der Waals surface area (Å²) in [5.41, 5.74) is 6.27. The molecule has 31 heteroatoms. The van der Waals surface area contributed by atoms with Gasteiger partial charge in [-0.1, -0.05) is 111 Å². The summed E-state index contributed by atoms with van der Waals surface area (Å²) in [6, 6.07) is 7.38. The van der Waals surface area contributed by atoms with E-state index < -0.39 is 129 Å². The predicted octanol–water partition coefficient (Wildman–Crippen LogP) is 2.38. The number of carbonyl (C=O) groups excluding carboxylic acids is 11. The second kappa shape index (κ2) is 43.2. The van der Waals surface area contributed by atoms with E-state index in [0.717, 1.165) is 4.90 Å². The van der Waals surface area contributed by atoms with Crippen LogP contribution in [0.15, 0.2) is 66.7 Å². The lowest BCUT2D eigenvalue weighted by Crippen LogP contribution is -2.59. The quantitative estimate of drug-likeness (QED) is 0.0348. The Morgan fingerprint density at radius 3 is 1.82 bits per heavy atom. The van der Waals surface area contributed by atoms with Crippen molar-refractivity contribution in [1.82, 2.24) is 50.9 Å². The fraction of sp³-hybridized carbons (Fsp3) is 0.648. The largest absolute Gasteiger partial charge is 0.379 e. The van der Waals surface area contributed by atoms with Crippen molar-refractivity contribution in [3.63, 3.8) is 0 Å². The molecule has 0 aliphatic carbocycles. The van der Waals surface area contributed by atoms with Gasteiger partial charge in [0, 0.05) is 65.0 Å². The molecule has 0 saturated carbocycles. The van der Waals surface area contributed by atoms with Crippen LogP contribution in [0.3, 0.4) is 0 Å². The predicted molar refractivity (Wildman–Crippen MR) is 382 cm³/mol. The van der Waals surface area contributed by atoms with E-state index in [1.807, 2.05) is 60.5 Å². The van der Waals surface area contributed by atoms with Gasteiger partial charge < -0.3 is 71.1 Å². The second-order valence-corrected chi connectivity index (χ2v) is 28.9. The topological polar surface area (TPSA) is 391 Å². The Morgan fingerprint density at radius 1 is 0.667 bits per heavy atom. The lowest BCUT2D eigenvalue weighted by atomic mass is 9.89. The molecule has 11 atom stereocenters. The van der Waals surface area contributed by atoms with Gasteiger partial charge in [0.1, 0.15) is 24.2 Å². The minimum absolute atomic E-state index is 0.00736. The second-order valence-electron chi connectivity index (χ2n) is 27.2. The van der Waals surface area contributed by atoms with Gasteiger partial charge >= 0.3 is 6.03 Å². The van der Waals surface area contributed by atoms with Gasteiger partial charge in [0.25, 0.3) is 17.7 Å². The van der Waals surface area contributed by atoms with Gasteiger partial charge in [-0.2, -0.15) is 0 Å². The molecule has 1 unspecified atom stereocenters. The Balaban J connectivity index is 1.39. The van der Waals surface area contributed by atoms with Crippen molar-refractivity contribution in [2.45, 2.75) is 174 Å². The van der Waals surface area contributed by atoms with E-state index in [-0.39, 0.29) is 132 Å². The standard InChI is InChI=1S/C71H112N12O18S/c1-15-47(8)63(81(12)70(93)61(45(4)5)78-69(92)62(46(6)7)80(10)11)55(97-13)42-59(87)82-33-20-24-54(82)64(98-14)48(9)65(88)76-53(41-49-21-17-16-18-22-49)67(90)79-102(95,96)43-50-25-27-51(28-26-50)74-66(89)52(23-19-32-73-71(72)94)75-68(91)60(44(2)3)77-56(84)31-35-99-37-39-101-40-38-100-36-34-83-57(85)29-30-58(83)86/h16-18,21-22,25-30,44-48,52-55,60-64H,15,19-20,23-24,31-43H2,1-14H3,(H,74,89)(H,75,91)(H,76,88)(H,77,84)(H,78,92)(H,79,90)(H3,72,73,94)/t47-,48+,52-,53-,54?,55+,60-,61-,62-,63-,64+/m0/s1. The first-order valence-corrected chi connectivity index (χ1v) is 36.7. The number of primary amides is 1. The lowest BCUT2D eigenvalue weighted by Gasteiger charge is -2.41. The molecule has 2 aliphatic rings. The molecular formula is C71H112N12O18S. The first-order valence-electron chi connectivity index (χ1n) is 35.0. The van der Waals surface area contributed by atoms with Crippen LogP contribution in [0.25, 0.3) is 0 Å². The average molecular weight is 1450 g/mol. The maximum Gasteiger partial charge on any atom is 0.312 e. The molecule has 0 bridgehead atoms. The number of methoxy groups -OCH3 is 2. The van der Waals surface area contributed by atoms with Crippen molar-refractivity contribution < 1.29 is 84.8 Å². The van der Waals surface area contributed by atoms with E-state index in [0.29, 0.717) is 31.4 Å². The minimum atomic E-state index is -4.47. The third-order valence-electron chi connectivity index (χ3n) is 18.1. The summed E-state index contributed by atoms with van der Waals surface area (Å²) in [6.45, 7) is 18.1. The summed E-state index contributed by atoms with van der Waals surface area (Å²) in [5.74, 6) is -7.71. The lowest BCUT2D eigenvalue weighted by molar-refractivity contribution is -0.148. The van der Waals surface area contributed by atoms with Crippen LogP contribution in [0.5, 0.6) is 0 Å². The van der Waals surface area contributed by atoms with Gasteiger partial charge in [0.05, 0.1) is 94.6 Å². The molecule has 570 valence electrons. The molecule has 1 fully saturated rings. The molecule has 2 aromatic carbocycles. The summed E-state index contributed by atoms with van der Waals surface area (Å²) in [5, 5.41) is 16.4. The van der Waals surface area contributed by atoms with Crippen LogP contribution in [0.4, 0.5) is 10.5 Å². The molecule has 9 N–H and O–H groups in total. The third-order valence-corrected chi connectivity index (χ3v) is 19.4. The zero-order valence-electron chi connectivity index (χ0n) is 61.8. The number of carbonyl (C=O) groups is 11.